The van der Waals surface area contributed by atoms with Gasteiger partial charge in [-0.05, 0) is 38.5 Å². The highest BCUT2D eigenvalue weighted by Crippen LogP contribution is 2.38. The van der Waals surface area contributed by atoms with Crippen molar-refractivity contribution in [1.29, 1.82) is 0 Å². The lowest BCUT2D eigenvalue weighted by atomic mass is 9.98. The fourth-order valence-corrected chi connectivity index (χ4v) is 1.95. The van der Waals surface area contributed by atoms with Gasteiger partial charge in [0.15, 0.2) is 0 Å². The van der Waals surface area contributed by atoms with E-state index in [9.17, 15) is 4.79 Å². The maximum Gasteiger partial charge on any atom is 0.326 e. The van der Waals surface area contributed by atoms with Crippen LogP contribution in [0.25, 0.3) is 0 Å². The molecule has 4 heteroatoms. The number of carbonyl (C=O) groups is 1. The Balaban J connectivity index is 1.75. The number of hydrogen-bond donors (Lipinski definition) is 1. The maximum atomic E-state index is 11.7. The van der Waals surface area contributed by atoms with Crippen molar-refractivity contribution < 1.29 is 14.3 Å². The Morgan fingerprint density at radius 1 is 1.53 bits per heavy atom. The minimum Gasteiger partial charge on any atom is -0.462 e. The first-order valence-electron chi connectivity index (χ1n) is 5.68. The van der Waals surface area contributed by atoms with Crippen molar-refractivity contribution in [3.63, 3.8) is 0 Å². The van der Waals surface area contributed by atoms with Crippen molar-refractivity contribution in [2.24, 2.45) is 11.7 Å². The smallest absolute Gasteiger partial charge is 0.326 e. The van der Waals surface area contributed by atoms with Gasteiger partial charge in [0.1, 0.15) is 12.1 Å². The Hall–Kier alpha value is -0.610. The monoisotopic (exact) mass is 213 g/mol. The molecule has 2 rings (SSSR count). The van der Waals surface area contributed by atoms with Crippen LogP contribution in [0.2, 0.25) is 0 Å². The Kier molecular flexibility index (Phi) is 2.98. The molecule has 0 bridgehead atoms. The van der Waals surface area contributed by atoms with Crippen molar-refractivity contribution in [3.8, 4) is 0 Å². The van der Waals surface area contributed by atoms with Crippen molar-refractivity contribution in [3.05, 3.63) is 0 Å². The van der Waals surface area contributed by atoms with Crippen LogP contribution < -0.4 is 5.73 Å². The average Bonchev–Trinajstić information content (AvgIpc) is 2.94. The fraction of sp³-hybridized carbons (Fsp3) is 0.909. The Bertz CT molecular complexity index is 242. The molecule has 1 saturated heterocycles. The molecule has 2 aliphatic rings. The number of esters is 1. The van der Waals surface area contributed by atoms with E-state index < -0.39 is 5.54 Å². The van der Waals surface area contributed by atoms with Crippen LogP contribution in [0.3, 0.4) is 0 Å². The molecule has 1 aliphatic carbocycles. The third-order valence-corrected chi connectivity index (χ3v) is 3.29. The van der Waals surface area contributed by atoms with Crippen LogP contribution in [0.5, 0.6) is 0 Å². The molecule has 4 nitrogen and oxygen atoms in total. The van der Waals surface area contributed by atoms with E-state index in [4.69, 9.17) is 15.2 Å². The second-order valence-corrected chi connectivity index (χ2v) is 4.79. The molecule has 86 valence electrons. The van der Waals surface area contributed by atoms with Crippen molar-refractivity contribution >= 4 is 5.97 Å². The van der Waals surface area contributed by atoms with Gasteiger partial charge in [-0.15, -0.1) is 0 Å². The van der Waals surface area contributed by atoms with Gasteiger partial charge in [0.25, 0.3) is 0 Å². The third kappa shape index (κ3) is 2.49. The van der Waals surface area contributed by atoms with Crippen molar-refractivity contribution in [2.45, 2.75) is 44.2 Å². The van der Waals surface area contributed by atoms with E-state index in [1.165, 1.54) is 0 Å². The molecular formula is C11H19NO3. The highest BCUT2D eigenvalue weighted by molar-refractivity contribution is 5.81. The van der Waals surface area contributed by atoms with Crippen LogP contribution in [0, 0.1) is 5.92 Å². The van der Waals surface area contributed by atoms with Gasteiger partial charge in [0, 0.05) is 6.61 Å². The zero-order valence-electron chi connectivity index (χ0n) is 9.20. The standard InChI is InChI=1S/C11H19NO3/c1-11(12,8-4-5-8)10(13)15-7-9-3-2-6-14-9/h8-9H,2-7,12H2,1H3. The predicted molar refractivity (Wildman–Crippen MR) is 55.2 cm³/mol. The first-order valence-corrected chi connectivity index (χ1v) is 5.68. The first kappa shape index (κ1) is 10.9. The fourth-order valence-electron chi connectivity index (χ4n) is 1.95. The number of rotatable bonds is 4. The normalized spacial score (nSPS) is 29.9. The molecule has 2 atom stereocenters. The molecule has 1 heterocycles. The quantitative estimate of drug-likeness (QED) is 0.703. The summed E-state index contributed by atoms with van der Waals surface area (Å²) in [5.74, 6) is 0.0370. The molecule has 0 aromatic rings. The topological polar surface area (TPSA) is 61.6 Å². The van der Waals surface area contributed by atoms with Gasteiger partial charge < -0.3 is 15.2 Å². The molecule has 15 heavy (non-hydrogen) atoms. The number of hydrogen-bond acceptors (Lipinski definition) is 4. The first-order chi connectivity index (χ1) is 7.10. The van der Waals surface area contributed by atoms with Crippen LogP contribution in [-0.4, -0.2) is 30.8 Å². The Morgan fingerprint density at radius 3 is 2.80 bits per heavy atom. The summed E-state index contributed by atoms with van der Waals surface area (Å²) in [6.45, 7) is 2.91. The minimum atomic E-state index is -0.793. The van der Waals surface area contributed by atoms with E-state index in [1.54, 1.807) is 6.92 Å². The van der Waals surface area contributed by atoms with Crippen LogP contribution in [-0.2, 0) is 14.3 Å². The SMILES string of the molecule is CC(N)(C(=O)OCC1CCCO1)C1CC1. The molecule has 2 unspecified atom stereocenters. The van der Waals surface area contributed by atoms with Gasteiger partial charge in [-0.2, -0.15) is 0 Å². The lowest BCUT2D eigenvalue weighted by Crippen LogP contribution is -2.48. The van der Waals surface area contributed by atoms with Gasteiger partial charge in [-0.1, -0.05) is 0 Å². The van der Waals surface area contributed by atoms with E-state index in [-0.39, 0.29) is 12.1 Å². The lowest BCUT2D eigenvalue weighted by Gasteiger charge is -2.22. The van der Waals surface area contributed by atoms with Gasteiger partial charge in [0.05, 0.1) is 6.10 Å². The maximum absolute atomic E-state index is 11.7. The Labute approximate surface area is 90.1 Å². The van der Waals surface area contributed by atoms with Gasteiger partial charge >= 0.3 is 5.97 Å². The van der Waals surface area contributed by atoms with Gasteiger partial charge in [-0.3, -0.25) is 4.79 Å². The second kappa shape index (κ2) is 4.10. The molecule has 0 aromatic heterocycles. The summed E-state index contributed by atoms with van der Waals surface area (Å²) < 4.78 is 10.6. The molecule has 0 spiro atoms. The minimum absolute atomic E-state index is 0.0870. The summed E-state index contributed by atoms with van der Waals surface area (Å²) in [5.41, 5.74) is 5.14. The summed E-state index contributed by atoms with van der Waals surface area (Å²) in [6.07, 6.45) is 4.22. The van der Waals surface area contributed by atoms with Gasteiger partial charge in [-0.25, -0.2) is 0 Å². The van der Waals surface area contributed by atoms with Crippen molar-refractivity contribution in [2.75, 3.05) is 13.2 Å². The summed E-state index contributed by atoms with van der Waals surface area (Å²) in [6, 6.07) is 0. The van der Waals surface area contributed by atoms with E-state index in [0.717, 1.165) is 32.3 Å². The van der Waals surface area contributed by atoms with E-state index in [0.29, 0.717) is 12.5 Å². The molecule has 0 radical (unpaired) electrons. The van der Waals surface area contributed by atoms with E-state index in [1.807, 2.05) is 0 Å². The molecule has 2 fully saturated rings. The number of nitrogens with two attached hydrogens (primary N) is 1. The molecule has 0 aromatic carbocycles. The summed E-state index contributed by atoms with van der Waals surface area (Å²) in [7, 11) is 0. The number of carbonyl (C=O) groups excluding carboxylic acids is 1. The molecule has 1 aliphatic heterocycles. The molecule has 0 amide bonds. The van der Waals surface area contributed by atoms with Gasteiger partial charge in [0.2, 0.25) is 0 Å². The van der Waals surface area contributed by atoms with Crippen molar-refractivity contribution in [1.82, 2.24) is 0 Å². The van der Waals surface area contributed by atoms with E-state index >= 15 is 0 Å². The second-order valence-electron chi connectivity index (χ2n) is 4.79. The molecule has 1 saturated carbocycles. The van der Waals surface area contributed by atoms with Crippen LogP contribution in [0.1, 0.15) is 32.6 Å². The predicted octanol–water partition coefficient (Wildman–Crippen LogP) is 0.836. The van der Waals surface area contributed by atoms with E-state index in [2.05, 4.69) is 0 Å². The highest BCUT2D eigenvalue weighted by Gasteiger charge is 2.45. The molecule has 2 N–H and O–H groups in total. The summed E-state index contributed by atoms with van der Waals surface area (Å²) in [5, 5.41) is 0. The third-order valence-electron chi connectivity index (χ3n) is 3.29. The Morgan fingerprint density at radius 2 is 2.27 bits per heavy atom. The summed E-state index contributed by atoms with van der Waals surface area (Å²) >= 11 is 0. The highest BCUT2D eigenvalue weighted by atomic mass is 16.6. The average molecular weight is 213 g/mol. The van der Waals surface area contributed by atoms with Crippen LogP contribution in [0.15, 0.2) is 0 Å². The zero-order valence-corrected chi connectivity index (χ0v) is 9.20. The molecular weight excluding hydrogens is 194 g/mol. The van der Waals surface area contributed by atoms with Crippen LogP contribution >= 0.6 is 0 Å². The zero-order chi connectivity index (χ0) is 10.9. The summed E-state index contributed by atoms with van der Waals surface area (Å²) in [4.78, 5) is 11.7. The van der Waals surface area contributed by atoms with Crippen LogP contribution in [0.4, 0.5) is 0 Å². The number of ether oxygens (including phenoxy) is 2. The lowest BCUT2D eigenvalue weighted by molar-refractivity contribution is -0.153. The largest absolute Gasteiger partial charge is 0.462 e.